The highest BCUT2D eigenvalue weighted by molar-refractivity contribution is 8.00. The molecule has 0 unspecified atom stereocenters. The molecule has 100 valence electrons. The van der Waals surface area contributed by atoms with Gasteiger partial charge in [0, 0.05) is 30.6 Å². The maximum atomic E-state index is 12.1. The van der Waals surface area contributed by atoms with E-state index >= 15 is 0 Å². The first-order valence-corrected chi connectivity index (χ1v) is 8.41. The van der Waals surface area contributed by atoms with Gasteiger partial charge in [0.05, 0.1) is 4.90 Å². The minimum atomic E-state index is -3.44. The molecular formula is C11H17N3O2S2. The van der Waals surface area contributed by atoms with Gasteiger partial charge in [0.15, 0.2) is 0 Å². The molecule has 1 aliphatic carbocycles. The van der Waals surface area contributed by atoms with Crippen molar-refractivity contribution in [2.75, 3.05) is 25.2 Å². The van der Waals surface area contributed by atoms with Crippen molar-refractivity contribution in [1.82, 2.24) is 9.71 Å². The topological polar surface area (TPSA) is 71.1 Å². The minimum absolute atomic E-state index is 0.117. The second-order valence-electron chi connectivity index (χ2n) is 4.34. The smallest absolute Gasteiger partial charge is 0.240 e. The van der Waals surface area contributed by atoms with Gasteiger partial charge in [0.2, 0.25) is 10.0 Å². The summed E-state index contributed by atoms with van der Waals surface area (Å²) in [6.07, 6.45) is 5.66. The molecule has 0 atom stereocenters. The van der Waals surface area contributed by atoms with Crippen LogP contribution in [0.25, 0.3) is 0 Å². The summed E-state index contributed by atoms with van der Waals surface area (Å²) in [7, 11) is -1.73. The Balaban J connectivity index is 2.10. The Hall–Kier alpha value is -0.790. The van der Waals surface area contributed by atoms with Crippen molar-refractivity contribution < 1.29 is 8.42 Å². The molecule has 1 aromatic rings. The van der Waals surface area contributed by atoms with E-state index in [-0.39, 0.29) is 9.64 Å². The Bertz CT molecular complexity index is 527. The molecule has 0 radical (unpaired) electrons. The van der Waals surface area contributed by atoms with E-state index in [0.29, 0.717) is 12.4 Å². The molecule has 1 saturated carbocycles. The Morgan fingerprint density at radius 2 is 2.22 bits per heavy atom. The molecule has 1 fully saturated rings. The molecule has 2 N–H and O–H groups in total. The van der Waals surface area contributed by atoms with Crippen LogP contribution < -0.4 is 10.0 Å². The average molecular weight is 287 g/mol. The summed E-state index contributed by atoms with van der Waals surface area (Å²) in [5.74, 6) is 0.545. The average Bonchev–Trinajstić information content (AvgIpc) is 3.17. The fraction of sp³-hybridized carbons (Fsp3) is 0.545. The number of nitrogens with one attached hydrogen (secondary N) is 2. The Morgan fingerprint density at radius 1 is 1.50 bits per heavy atom. The van der Waals surface area contributed by atoms with E-state index < -0.39 is 10.0 Å². The second kappa shape index (κ2) is 5.07. The van der Waals surface area contributed by atoms with Crippen molar-refractivity contribution >= 4 is 27.6 Å². The third-order valence-corrected chi connectivity index (χ3v) is 5.94. The van der Waals surface area contributed by atoms with Crippen LogP contribution in [0.4, 0.5) is 5.82 Å². The number of anilines is 1. The van der Waals surface area contributed by atoms with Gasteiger partial charge < -0.3 is 5.32 Å². The molecular weight excluding hydrogens is 270 g/mol. The van der Waals surface area contributed by atoms with Gasteiger partial charge in [-0.15, -0.1) is 0 Å². The zero-order valence-corrected chi connectivity index (χ0v) is 12.1. The van der Waals surface area contributed by atoms with Crippen molar-refractivity contribution in [1.29, 1.82) is 0 Å². The molecule has 0 bridgehead atoms. The number of nitrogens with zero attached hydrogens (tertiary/aromatic N) is 1. The first kappa shape index (κ1) is 13.6. The number of thioether (sulfide) groups is 1. The van der Waals surface area contributed by atoms with Crippen molar-refractivity contribution in [3.63, 3.8) is 0 Å². The fourth-order valence-corrected chi connectivity index (χ4v) is 3.58. The lowest BCUT2D eigenvalue weighted by molar-refractivity contribution is 0.579. The summed E-state index contributed by atoms with van der Waals surface area (Å²) < 4.78 is 27.0. The first-order valence-electron chi connectivity index (χ1n) is 5.70. The molecule has 0 aromatic carbocycles. The van der Waals surface area contributed by atoms with Crippen LogP contribution in [0.5, 0.6) is 0 Å². The van der Waals surface area contributed by atoms with Crippen LogP contribution in [-0.4, -0.2) is 38.0 Å². The largest absolute Gasteiger partial charge is 0.373 e. The third kappa shape index (κ3) is 2.96. The predicted molar refractivity (Wildman–Crippen MR) is 74.5 cm³/mol. The van der Waals surface area contributed by atoms with Crippen LogP contribution in [0.3, 0.4) is 0 Å². The van der Waals surface area contributed by atoms with Crippen molar-refractivity contribution in [2.45, 2.75) is 22.5 Å². The quantitative estimate of drug-likeness (QED) is 0.825. The molecule has 2 rings (SSSR count). The van der Waals surface area contributed by atoms with Crippen LogP contribution in [0.1, 0.15) is 12.8 Å². The lowest BCUT2D eigenvalue weighted by Gasteiger charge is -2.13. The van der Waals surface area contributed by atoms with Crippen molar-refractivity contribution in [3.8, 4) is 0 Å². The Kier molecular flexibility index (Phi) is 3.84. The zero-order valence-electron chi connectivity index (χ0n) is 10.4. The summed E-state index contributed by atoms with van der Waals surface area (Å²) in [4.78, 5) is 4.25. The SMILES string of the molecule is CNc1cc(S(=O)(=O)NCC2(SC)CC2)ccn1. The first-order chi connectivity index (χ1) is 8.51. The van der Waals surface area contributed by atoms with E-state index in [1.807, 2.05) is 6.26 Å². The van der Waals surface area contributed by atoms with Crippen molar-refractivity contribution in [2.24, 2.45) is 0 Å². The predicted octanol–water partition coefficient (Wildman–Crippen LogP) is 1.30. The fourth-order valence-electron chi connectivity index (χ4n) is 1.62. The molecule has 0 amide bonds. The monoisotopic (exact) mass is 287 g/mol. The molecule has 0 aliphatic heterocycles. The molecule has 1 aliphatic rings. The minimum Gasteiger partial charge on any atom is -0.373 e. The molecule has 0 saturated heterocycles. The van der Waals surface area contributed by atoms with Crippen LogP contribution in [-0.2, 0) is 10.0 Å². The number of sulfonamides is 1. The number of hydrogen-bond acceptors (Lipinski definition) is 5. The van der Waals surface area contributed by atoms with Gasteiger partial charge in [-0.2, -0.15) is 11.8 Å². The van der Waals surface area contributed by atoms with E-state index in [1.165, 1.54) is 18.3 Å². The highest BCUT2D eigenvalue weighted by Gasteiger charge is 2.42. The highest BCUT2D eigenvalue weighted by atomic mass is 32.2. The van der Waals surface area contributed by atoms with Crippen molar-refractivity contribution in [3.05, 3.63) is 18.3 Å². The van der Waals surface area contributed by atoms with Crippen LogP contribution in [0.15, 0.2) is 23.2 Å². The number of aromatic nitrogens is 1. The van der Waals surface area contributed by atoms with Crippen LogP contribution in [0, 0.1) is 0 Å². The summed E-state index contributed by atoms with van der Waals surface area (Å²) in [6, 6.07) is 3.03. The lowest BCUT2D eigenvalue weighted by Crippen LogP contribution is -2.31. The van der Waals surface area contributed by atoms with E-state index in [2.05, 4.69) is 15.0 Å². The van der Waals surface area contributed by atoms with E-state index in [0.717, 1.165) is 12.8 Å². The normalized spacial score (nSPS) is 17.4. The lowest BCUT2D eigenvalue weighted by atomic mass is 10.4. The van der Waals surface area contributed by atoms with E-state index in [1.54, 1.807) is 18.8 Å². The van der Waals surface area contributed by atoms with Gasteiger partial charge in [-0.05, 0) is 25.2 Å². The maximum Gasteiger partial charge on any atom is 0.240 e. The Labute approximate surface area is 112 Å². The van der Waals surface area contributed by atoms with Gasteiger partial charge in [-0.1, -0.05) is 0 Å². The van der Waals surface area contributed by atoms with Gasteiger partial charge in [-0.25, -0.2) is 18.1 Å². The van der Waals surface area contributed by atoms with Gasteiger partial charge in [-0.3, -0.25) is 0 Å². The number of hydrogen-bond donors (Lipinski definition) is 2. The van der Waals surface area contributed by atoms with Gasteiger partial charge in [0.25, 0.3) is 0 Å². The summed E-state index contributed by atoms with van der Waals surface area (Å²) in [5, 5.41) is 2.83. The standard InChI is InChI=1S/C11H17N3O2S2/c1-12-10-7-9(3-6-13-10)18(15,16)14-8-11(17-2)4-5-11/h3,6-7,14H,4-5,8H2,1-2H3,(H,12,13). The third-order valence-electron chi connectivity index (χ3n) is 3.12. The molecule has 1 aromatic heterocycles. The summed E-state index contributed by atoms with van der Waals surface area (Å²) in [6.45, 7) is 0.494. The summed E-state index contributed by atoms with van der Waals surface area (Å²) in [5.41, 5.74) is 0. The molecule has 5 nitrogen and oxygen atoms in total. The van der Waals surface area contributed by atoms with Crippen LogP contribution in [0.2, 0.25) is 0 Å². The molecule has 18 heavy (non-hydrogen) atoms. The van der Waals surface area contributed by atoms with Gasteiger partial charge in [0.1, 0.15) is 5.82 Å². The zero-order chi connectivity index (χ0) is 13.2. The molecule has 1 heterocycles. The summed E-state index contributed by atoms with van der Waals surface area (Å²) >= 11 is 1.73. The molecule has 0 spiro atoms. The highest BCUT2D eigenvalue weighted by Crippen LogP contribution is 2.46. The van der Waals surface area contributed by atoms with E-state index in [9.17, 15) is 8.42 Å². The second-order valence-corrected chi connectivity index (χ2v) is 7.38. The molecule has 7 heteroatoms. The Morgan fingerprint density at radius 3 is 2.78 bits per heavy atom. The van der Waals surface area contributed by atoms with Crippen LogP contribution >= 0.6 is 11.8 Å². The van der Waals surface area contributed by atoms with Gasteiger partial charge >= 0.3 is 0 Å². The maximum absolute atomic E-state index is 12.1. The number of rotatable bonds is 6. The number of pyridine rings is 1. The van der Waals surface area contributed by atoms with E-state index in [4.69, 9.17) is 0 Å².